The molecule has 83 heavy (non-hydrogen) atoms. The van der Waals surface area contributed by atoms with Gasteiger partial charge in [-0.15, -0.1) is 11.3 Å². The second kappa shape index (κ2) is 17.4. The van der Waals surface area contributed by atoms with Gasteiger partial charge in [-0.2, -0.15) is 0 Å². The van der Waals surface area contributed by atoms with Crippen molar-refractivity contribution in [1.82, 2.24) is 0 Å². The Kier molecular flexibility index (Phi) is 11.3. The first kappa shape index (κ1) is 53.9. The van der Waals surface area contributed by atoms with Crippen molar-refractivity contribution in [3.63, 3.8) is 0 Å². The lowest BCUT2D eigenvalue weighted by Gasteiger charge is -2.61. The number of fused-ring (bicyclic) bond motifs is 10. The highest BCUT2D eigenvalue weighted by Crippen LogP contribution is 2.70. The van der Waals surface area contributed by atoms with Crippen molar-refractivity contribution in [3.8, 4) is 22.3 Å². The molecule has 1 aromatic heterocycles. The molecule has 424 valence electrons. The number of hydrogen-bond donors (Lipinski definition) is 0. The molecule has 2 aliphatic heterocycles. The number of nitrogens with zero attached hydrogens (tertiary/aromatic N) is 2. The van der Waals surface area contributed by atoms with E-state index < -0.39 is 0 Å². The fourth-order valence-corrected chi connectivity index (χ4v) is 19.3. The Labute approximate surface area is 502 Å². The molecule has 8 aliphatic rings. The fraction of sp³-hybridized carbons (Fsp3) is 0.443. The molecule has 0 atom stereocenters. The number of anilines is 6. The summed E-state index contributed by atoms with van der Waals surface area (Å²) in [6.07, 6.45) is 9.29. The standard InChI is InChI=1S/C79H89BN2S/c1-45-30-67-70-68(31-45)82(65-26-22-49(73(2,3)4)40-58(65)48-37-51(75(8,9)10)39-52(38-48)76(11,12)13)66-44-63-62(77(14,15)28-29-78(63,16)17)43-64(66)80(70)72-71(59-41-50(74(5,6)7)23-27-69(59)83-72)81(67)55-24-25-57-56-20-18-19-21-60(56)79(61(57)42-55)53-33-46-32-47(35-53)36-54(79)34-46/h18-27,30-31,37-44,46-47,53-54H,28-29,32-36H2,1-17H3. The summed E-state index contributed by atoms with van der Waals surface area (Å²) >= 11 is 2.07. The number of aryl methyl sites for hydroxylation is 1. The second-order valence-electron chi connectivity index (χ2n) is 33.1. The zero-order valence-corrected chi connectivity index (χ0v) is 54.0. The SMILES string of the molecule is Cc1cc2c3c(c1)N(c1ccc4c(c1)C1(c5ccccc5-4)C4CC5CC(C4)CC1C5)c1c(sc4ccc(C(C)(C)C)cc14)B3c1cc3c(cc1N2c1ccc(C(C)(C)C)cc1-c1cc(C(C)(C)C)cc(C(C)(C)C)c1)C(C)(C)CCC3(C)C. The zero-order valence-electron chi connectivity index (χ0n) is 53.2. The smallest absolute Gasteiger partial charge is 0.264 e. The van der Waals surface area contributed by atoms with E-state index in [0.29, 0.717) is 11.8 Å². The second-order valence-corrected chi connectivity index (χ2v) is 34.1. The molecule has 0 saturated heterocycles. The van der Waals surface area contributed by atoms with Crippen molar-refractivity contribution < 1.29 is 0 Å². The predicted octanol–water partition coefficient (Wildman–Crippen LogP) is 20.2. The number of hydrogen-bond acceptors (Lipinski definition) is 3. The van der Waals surface area contributed by atoms with Crippen LogP contribution >= 0.6 is 11.3 Å². The lowest BCUT2D eigenvalue weighted by molar-refractivity contribution is -0.0399. The van der Waals surface area contributed by atoms with Gasteiger partial charge in [0.25, 0.3) is 6.71 Å². The van der Waals surface area contributed by atoms with Crippen LogP contribution in [0.25, 0.3) is 32.3 Å². The fourth-order valence-electron chi connectivity index (χ4n) is 18.0. The Morgan fingerprint density at radius 3 is 1.66 bits per heavy atom. The van der Waals surface area contributed by atoms with Crippen molar-refractivity contribution in [1.29, 1.82) is 0 Å². The minimum Gasteiger partial charge on any atom is -0.311 e. The normalized spacial score (nSPS) is 23.3. The van der Waals surface area contributed by atoms with E-state index in [4.69, 9.17) is 0 Å². The summed E-state index contributed by atoms with van der Waals surface area (Å²) in [6, 6.07) is 50.8. The molecule has 7 aromatic carbocycles. The first-order valence-corrected chi connectivity index (χ1v) is 32.9. The van der Waals surface area contributed by atoms with Crippen molar-refractivity contribution in [2.24, 2.45) is 23.7 Å². The molecule has 4 saturated carbocycles. The van der Waals surface area contributed by atoms with Gasteiger partial charge < -0.3 is 9.80 Å². The molecule has 0 radical (unpaired) electrons. The molecule has 0 unspecified atom stereocenters. The molecular weight excluding hydrogens is 1020 g/mol. The maximum absolute atomic E-state index is 2.82. The van der Waals surface area contributed by atoms with Crippen LogP contribution in [0.3, 0.4) is 0 Å². The van der Waals surface area contributed by atoms with Crippen LogP contribution in [0.5, 0.6) is 0 Å². The largest absolute Gasteiger partial charge is 0.311 e. The Bertz CT molecular complexity index is 4010. The van der Waals surface area contributed by atoms with E-state index >= 15 is 0 Å². The number of thiophene rings is 1. The van der Waals surface area contributed by atoms with Gasteiger partial charge in [0.15, 0.2) is 0 Å². The first-order chi connectivity index (χ1) is 39.0. The van der Waals surface area contributed by atoms with Crippen LogP contribution in [0, 0.1) is 30.6 Å². The Morgan fingerprint density at radius 2 is 1.04 bits per heavy atom. The van der Waals surface area contributed by atoms with E-state index in [1.807, 2.05) is 0 Å². The average molecular weight is 1110 g/mol. The molecular formula is C79H89BN2S. The molecule has 2 nitrogen and oxygen atoms in total. The van der Waals surface area contributed by atoms with Gasteiger partial charge in [-0.1, -0.05) is 178 Å². The Hall–Kier alpha value is -5.84. The van der Waals surface area contributed by atoms with Gasteiger partial charge in [-0.05, 0) is 240 Å². The van der Waals surface area contributed by atoms with Gasteiger partial charge in [-0.3, -0.25) is 0 Å². The van der Waals surface area contributed by atoms with Crippen LogP contribution in [0.4, 0.5) is 34.1 Å². The summed E-state index contributed by atoms with van der Waals surface area (Å²) in [4.78, 5) is 5.60. The van der Waals surface area contributed by atoms with E-state index in [1.165, 1.54) is 160 Å². The summed E-state index contributed by atoms with van der Waals surface area (Å²) in [5.74, 6) is 3.15. The first-order valence-electron chi connectivity index (χ1n) is 32.1. The summed E-state index contributed by atoms with van der Waals surface area (Å²) in [5.41, 5.74) is 29.4. The van der Waals surface area contributed by atoms with Gasteiger partial charge >= 0.3 is 0 Å². The quantitative estimate of drug-likeness (QED) is 0.163. The van der Waals surface area contributed by atoms with Gasteiger partial charge in [0.05, 0.1) is 11.4 Å². The molecule has 16 rings (SSSR count). The number of rotatable bonds is 3. The number of benzene rings is 7. The van der Waals surface area contributed by atoms with Gasteiger partial charge in [0.1, 0.15) is 0 Å². The molecule has 4 bridgehead atoms. The lowest BCUT2D eigenvalue weighted by Crippen LogP contribution is -2.61. The van der Waals surface area contributed by atoms with Gasteiger partial charge in [0.2, 0.25) is 0 Å². The van der Waals surface area contributed by atoms with Crippen LogP contribution in [0.15, 0.2) is 121 Å². The minimum atomic E-state index is -0.0543. The van der Waals surface area contributed by atoms with Crippen LogP contribution in [-0.2, 0) is 37.9 Å². The third-order valence-corrected chi connectivity index (χ3v) is 23.7. The maximum atomic E-state index is 2.82. The summed E-state index contributed by atoms with van der Waals surface area (Å²) in [7, 11) is 0. The van der Waals surface area contributed by atoms with Gasteiger partial charge in [-0.25, -0.2) is 0 Å². The summed E-state index contributed by atoms with van der Waals surface area (Å²) in [6.45, 7) is 41.1. The van der Waals surface area contributed by atoms with Crippen molar-refractivity contribution in [2.45, 2.75) is 201 Å². The maximum Gasteiger partial charge on any atom is 0.264 e. The molecule has 4 heteroatoms. The molecule has 4 fully saturated rings. The van der Waals surface area contributed by atoms with Crippen LogP contribution in [0.2, 0.25) is 0 Å². The topological polar surface area (TPSA) is 6.48 Å². The van der Waals surface area contributed by atoms with Crippen LogP contribution in [-0.4, -0.2) is 6.71 Å². The highest BCUT2D eigenvalue weighted by atomic mass is 32.1. The third kappa shape index (κ3) is 7.84. The molecule has 1 spiro atoms. The molecule has 6 aliphatic carbocycles. The van der Waals surface area contributed by atoms with Crippen LogP contribution in [0.1, 0.15) is 206 Å². The highest BCUT2D eigenvalue weighted by molar-refractivity contribution is 7.33. The van der Waals surface area contributed by atoms with Crippen molar-refractivity contribution in [3.05, 3.63) is 171 Å². The molecule has 8 aromatic rings. The Morgan fingerprint density at radius 1 is 0.470 bits per heavy atom. The average Bonchev–Trinajstić information content (AvgIpc) is 1.91. The van der Waals surface area contributed by atoms with E-state index in [0.717, 1.165) is 18.3 Å². The molecule has 3 heterocycles. The van der Waals surface area contributed by atoms with E-state index in [2.05, 4.69) is 260 Å². The highest BCUT2D eigenvalue weighted by Gasteiger charge is 2.62. The third-order valence-electron chi connectivity index (χ3n) is 22.5. The van der Waals surface area contributed by atoms with Crippen molar-refractivity contribution >= 4 is 78.0 Å². The summed E-state index contributed by atoms with van der Waals surface area (Å²) < 4.78 is 2.85. The van der Waals surface area contributed by atoms with Crippen molar-refractivity contribution in [2.75, 3.05) is 9.80 Å². The Balaban J connectivity index is 1.05. The summed E-state index contributed by atoms with van der Waals surface area (Å²) in [5, 5.41) is 1.39. The van der Waals surface area contributed by atoms with Crippen LogP contribution < -0.4 is 25.5 Å². The molecule has 0 N–H and O–H groups in total. The lowest BCUT2D eigenvalue weighted by atomic mass is 9.35. The van der Waals surface area contributed by atoms with E-state index in [-0.39, 0.29) is 44.6 Å². The monoisotopic (exact) mass is 1110 g/mol. The van der Waals surface area contributed by atoms with Gasteiger partial charge in [0, 0.05) is 48.6 Å². The minimum absolute atomic E-state index is 0.00888. The molecule has 0 amide bonds. The predicted molar refractivity (Wildman–Crippen MR) is 359 cm³/mol. The van der Waals surface area contributed by atoms with E-state index in [9.17, 15) is 0 Å². The van der Waals surface area contributed by atoms with E-state index in [1.54, 1.807) is 11.1 Å². The zero-order chi connectivity index (χ0) is 58.2.